The lowest BCUT2D eigenvalue weighted by Crippen LogP contribution is -2.45. The quantitative estimate of drug-likeness (QED) is 0.782. The number of methoxy groups -OCH3 is 1. The highest BCUT2D eigenvalue weighted by Gasteiger charge is 2.34. The molecule has 0 heterocycles. The number of carbonyl (C=O) groups excluding carboxylic acids is 1. The number of benzene rings is 1. The number of rotatable bonds is 7. The van der Waals surface area contributed by atoms with Crippen LogP contribution in [0.2, 0.25) is 5.02 Å². The van der Waals surface area contributed by atoms with Crippen LogP contribution in [0.5, 0.6) is 0 Å². The standard InChI is InChI=1S/C14H20ClNO3/c1-4-19-13(17)14(2,9-10-18-3)16-12-7-5-11(15)6-8-12/h5-8,16H,4,9-10H2,1-3H3. The van der Waals surface area contributed by atoms with Gasteiger partial charge in [0.2, 0.25) is 0 Å². The van der Waals surface area contributed by atoms with Crippen molar-refractivity contribution < 1.29 is 14.3 Å². The van der Waals surface area contributed by atoms with E-state index in [1.807, 2.05) is 12.1 Å². The zero-order valence-corrected chi connectivity index (χ0v) is 12.3. The van der Waals surface area contributed by atoms with Crippen LogP contribution >= 0.6 is 11.6 Å². The van der Waals surface area contributed by atoms with Crippen molar-refractivity contribution in [3.05, 3.63) is 29.3 Å². The molecule has 0 aromatic heterocycles. The minimum atomic E-state index is -0.820. The number of esters is 1. The number of anilines is 1. The largest absolute Gasteiger partial charge is 0.464 e. The Morgan fingerprint density at radius 1 is 1.37 bits per heavy atom. The molecule has 0 saturated carbocycles. The Balaban J connectivity index is 2.83. The molecule has 1 aromatic rings. The predicted molar refractivity (Wildman–Crippen MR) is 76.6 cm³/mol. The van der Waals surface area contributed by atoms with Gasteiger partial charge in [-0.2, -0.15) is 0 Å². The van der Waals surface area contributed by atoms with Crippen molar-refractivity contribution in [3.8, 4) is 0 Å². The molecule has 0 radical (unpaired) electrons. The van der Waals surface area contributed by atoms with Crippen molar-refractivity contribution in [2.45, 2.75) is 25.8 Å². The van der Waals surface area contributed by atoms with Crippen molar-refractivity contribution in [1.29, 1.82) is 0 Å². The first-order chi connectivity index (χ1) is 9.01. The van der Waals surface area contributed by atoms with Gasteiger partial charge in [0.1, 0.15) is 5.54 Å². The molecule has 0 aliphatic rings. The molecule has 1 aromatic carbocycles. The first kappa shape index (κ1) is 15.8. The van der Waals surface area contributed by atoms with E-state index < -0.39 is 5.54 Å². The topological polar surface area (TPSA) is 47.6 Å². The molecule has 1 N–H and O–H groups in total. The molecule has 4 nitrogen and oxygen atoms in total. The number of nitrogens with one attached hydrogen (secondary N) is 1. The second kappa shape index (κ2) is 7.36. The number of hydrogen-bond acceptors (Lipinski definition) is 4. The van der Waals surface area contributed by atoms with E-state index in [1.165, 1.54) is 0 Å². The van der Waals surface area contributed by atoms with Gasteiger partial charge in [-0.25, -0.2) is 4.79 Å². The third kappa shape index (κ3) is 4.73. The predicted octanol–water partition coefficient (Wildman–Crippen LogP) is 3.11. The minimum absolute atomic E-state index is 0.290. The van der Waals surface area contributed by atoms with Gasteiger partial charge in [0.05, 0.1) is 6.61 Å². The van der Waals surface area contributed by atoms with Gasteiger partial charge in [-0.3, -0.25) is 0 Å². The molecule has 1 atom stereocenters. The second-order valence-corrected chi connectivity index (χ2v) is 4.86. The maximum absolute atomic E-state index is 12.1. The first-order valence-electron chi connectivity index (χ1n) is 6.21. The van der Waals surface area contributed by atoms with Crippen molar-refractivity contribution in [1.82, 2.24) is 0 Å². The molecule has 0 spiro atoms. The lowest BCUT2D eigenvalue weighted by Gasteiger charge is -2.29. The average molecular weight is 286 g/mol. The van der Waals surface area contributed by atoms with Crippen LogP contribution < -0.4 is 5.32 Å². The summed E-state index contributed by atoms with van der Waals surface area (Å²) >= 11 is 5.84. The molecule has 0 fully saturated rings. The summed E-state index contributed by atoms with van der Waals surface area (Å²) in [6.45, 7) is 4.41. The Labute approximate surface area is 119 Å². The average Bonchev–Trinajstić information content (AvgIpc) is 2.39. The summed E-state index contributed by atoms with van der Waals surface area (Å²) in [5.74, 6) is -0.290. The Morgan fingerprint density at radius 2 is 2.00 bits per heavy atom. The molecule has 1 unspecified atom stereocenters. The second-order valence-electron chi connectivity index (χ2n) is 4.43. The molecule has 0 bridgehead atoms. The molecular formula is C14H20ClNO3. The van der Waals surface area contributed by atoms with Gasteiger partial charge in [-0.05, 0) is 38.1 Å². The van der Waals surface area contributed by atoms with E-state index in [0.29, 0.717) is 24.7 Å². The molecule has 19 heavy (non-hydrogen) atoms. The van der Waals surface area contributed by atoms with Gasteiger partial charge in [0, 0.05) is 30.8 Å². The molecule has 0 saturated heterocycles. The van der Waals surface area contributed by atoms with Crippen LogP contribution in [0.4, 0.5) is 5.69 Å². The SMILES string of the molecule is CCOC(=O)C(C)(CCOC)Nc1ccc(Cl)cc1. The summed E-state index contributed by atoms with van der Waals surface area (Å²) in [4.78, 5) is 12.1. The van der Waals surface area contributed by atoms with Gasteiger partial charge in [-0.1, -0.05) is 11.6 Å². The summed E-state index contributed by atoms with van der Waals surface area (Å²) in [5.41, 5.74) is -0.00380. The van der Waals surface area contributed by atoms with Gasteiger partial charge in [-0.15, -0.1) is 0 Å². The van der Waals surface area contributed by atoms with E-state index in [-0.39, 0.29) is 5.97 Å². The number of ether oxygens (including phenoxy) is 2. The van der Waals surface area contributed by atoms with Crippen LogP contribution in [-0.2, 0) is 14.3 Å². The molecule has 106 valence electrons. The monoisotopic (exact) mass is 285 g/mol. The van der Waals surface area contributed by atoms with E-state index >= 15 is 0 Å². The maximum Gasteiger partial charge on any atom is 0.331 e. The zero-order chi connectivity index (χ0) is 14.3. The Bertz CT molecular complexity index is 408. The van der Waals surface area contributed by atoms with Gasteiger partial charge in [0.25, 0.3) is 0 Å². The zero-order valence-electron chi connectivity index (χ0n) is 11.5. The summed E-state index contributed by atoms with van der Waals surface area (Å²) in [6.07, 6.45) is 0.519. The van der Waals surface area contributed by atoms with Crippen LogP contribution in [0.1, 0.15) is 20.3 Å². The van der Waals surface area contributed by atoms with Crippen molar-refractivity contribution in [2.75, 3.05) is 25.6 Å². The third-order valence-corrected chi connectivity index (χ3v) is 3.05. The van der Waals surface area contributed by atoms with E-state index in [4.69, 9.17) is 21.1 Å². The van der Waals surface area contributed by atoms with Crippen LogP contribution in [0.15, 0.2) is 24.3 Å². The molecule has 0 aliphatic carbocycles. The lowest BCUT2D eigenvalue weighted by atomic mass is 9.97. The van der Waals surface area contributed by atoms with E-state index in [9.17, 15) is 4.79 Å². The highest BCUT2D eigenvalue weighted by atomic mass is 35.5. The fourth-order valence-electron chi connectivity index (χ4n) is 1.66. The van der Waals surface area contributed by atoms with Crippen LogP contribution in [0.25, 0.3) is 0 Å². The smallest absolute Gasteiger partial charge is 0.331 e. The normalized spacial score (nSPS) is 13.7. The van der Waals surface area contributed by atoms with Gasteiger partial charge in [0.15, 0.2) is 0 Å². The van der Waals surface area contributed by atoms with E-state index in [0.717, 1.165) is 5.69 Å². The molecule has 0 aliphatic heterocycles. The fraction of sp³-hybridized carbons (Fsp3) is 0.500. The minimum Gasteiger partial charge on any atom is -0.464 e. The van der Waals surface area contributed by atoms with Gasteiger partial charge < -0.3 is 14.8 Å². The van der Waals surface area contributed by atoms with E-state index in [2.05, 4.69) is 5.32 Å². The number of carbonyl (C=O) groups is 1. The molecule has 1 rings (SSSR count). The maximum atomic E-state index is 12.1. The van der Waals surface area contributed by atoms with Crippen LogP contribution in [-0.4, -0.2) is 31.8 Å². The lowest BCUT2D eigenvalue weighted by molar-refractivity contribution is -0.148. The first-order valence-corrected chi connectivity index (χ1v) is 6.59. The number of hydrogen-bond donors (Lipinski definition) is 1. The molecular weight excluding hydrogens is 266 g/mol. The van der Waals surface area contributed by atoms with Crippen LogP contribution in [0.3, 0.4) is 0 Å². The van der Waals surface area contributed by atoms with Crippen molar-refractivity contribution in [2.24, 2.45) is 0 Å². The fourth-order valence-corrected chi connectivity index (χ4v) is 1.79. The molecule has 0 amide bonds. The summed E-state index contributed by atoms with van der Waals surface area (Å²) in [6, 6.07) is 7.19. The Morgan fingerprint density at radius 3 is 2.53 bits per heavy atom. The van der Waals surface area contributed by atoms with Gasteiger partial charge >= 0.3 is 5.97 Å². The number of halogens is 1. The summed E-state index contributed by atoms with van der Waals surface area (Å²) in [7, 11) is 1.61. The highest BCUT2D eigenvalue weighted by molar-refractivity contribution is 6.30. The Hall–Kier alpha value is -1.26. The molecule has 5 heteroatoms. The summed E-state index contributed by atoms with van der Waals surface area (Å²) < 4.78 is 10.2. The summed E-state index contributed by atoms with van der Waals surface area (Å²) in [5, 5.41) is 3.84. The van der Waals surface area contributed by atoms with E-state index in [1.54, 1.807) is 33.1 Å². The Kier molecular flexibility index (Phi) is 6.12. The third-order valence-electron chi connectivity index (χ3n) is 2.80. The van der Waals surface area contributed by atoms with Crippen molar-refractivity contribution in [3.63, 3.8) is 0 Å². The highest BCUT2D eigenvalue weighted by Crippen LogP contribution is 2.22. The van der Waals surface area contributed by atoms with Crippen LogP contribution in [0, 0.1) is 0 Å². The van der Waals surface area contributed by atoms with Crippen molar-refractivity contribution >= 4 is 23.3 Å².